The number of rotatable bonds is 0. The zero-order valence-electron chi connectivity index (χ0n) is 7.92. The molecule has 0 heterocycles. The van der Waals surface area contributed by atoms with E-state index in [1.165, 1.54) is 11.1 Å². The smallest absolute Gasteiger partial charge is 0.162 e. The largest absolute Gasteiger partial charge is 0.294 e. The Morgan fingerprint density at radius 3 is 2.77 bits per heavy atom. The van der Waals surface area contributed by atoms with Crippen LogP contribution in [0.3, 0.4) is 0 Å². The zero-order chi connectivity index (χ0) is 9.42. The number of fused-ring (bicyclic) bond motifs is 1. The van der Waals surface area contributed by atoms with Crippen LogP contribution in [-0.2, 0) is 11.2 Å². The predicted molar refractivity (Wildman–Crippen MR) is 53.5 cm³/mol. The lowest BCUT2D eigenvalue weighted by molar-refractivity contribution is -0.114. The second kappa shape index (κ2) is 2.84. The van der Waals surface area contributed by atoms with Crippen LogP contribution in [0.5, 0.6) is 0 Å². The van der Waals surface area contributed by atoms with E-state index in [4.69, 9.17) is 0 Å². The molecule has 1 aromatic carbocycles. The molecule has 0 atom stereocenters. The molecule has 1 nitrogen and oxygen atoms in total. The fourth-order valence-electron chi connectivity index (χ4n) is 1.71. The Morgan fingerprint density at radius 1 is 1.23 bits per heavy atom. The Balaban J connectivity index is 2.63. The van der Waals surface area contributed by atoms with Crippen LogP contribution in [0.25, 0.3) is 6.08 Å². The molecule has 0 aromatic heterocycles. The highest BCUT2D eigenvalue weighted by molar-refractivity contribution is 6.03. The van der Waals surface area contributed by atoms with Gasteiger partial charge in [-0.2, -0.15) is 0 Å². The number of aryl methyl sites for hydroxylation is 1. The molecular formula is C12H12O. The molecule has 0 amide bonds. The topological polar surface area (TPSA) is 17.1 Å². The second-order valence-corrected chi connectivity index (χ2v) is 3.58. The van der Waals surface area contributed by atoms with Gasteiger partial charge < -0.3 is 0 Å². The molecule has 13 heavy (non-hydrogen) atoms. The van der Waals surface area contributed by atoms with Crippen molar-refractivity contribution in [1.82, 2.24) is 0 Å². The average Bonchev–Trinajstić information content (AvgIpc) is 2.09. The number of hydrogen-bond acceptors (Lipinski definition) is 1. The van der Waals surface area contributed by atoms with Crippen LogP contribution in [-0.4, -0.2) is 5.78 Å². The molecule has 1 heteroatoms. The van der Waals surface area contributed by atoms with E-state index in [0.29, 0.717) is 6.42 Å². The van der Waals surface area contributed by atoms with Gasteiger partial charge in [0.1, 0.15) is 0 Å². The third-order valence-electron chi connectivity index (χ3n) is 2.57. The number of benzene rings is 1. The van der Waals surface area contributed by atoms with Gasteiger partial charge in [0.15, 0.2) is 5.78 Å². The Morgan fingerprint density at radius 2 is 2.00 bits per heavy atom. The van der Waals surface area contributed by atoms with Gasteiger partial charge in [-0.3, -0.25) is 4.79 Å². The van der Waals surface area contributed by atoms with Crippen molar-refractivity contribution in [3.63, 3.8) is 0 Å². The second-order valence-electron chi connectivity index (χ2n) is 3.58. The first-order valence-corrected chi connectivity index (χ1v) is 4.48. The molecule has 1 aromatic rings. The van der Waals surface area contributed by atoms with Gasteiger partial charge in [-0.05, 0) is 42.2 Å². The van der Waals surface area contributed by atoms with Gasteiger partial charge in [0, 0.05) is 6.42 Å². The van der Waals surface area contributed by atoms with E-state index >= 15 is 0 Å². The van der Waals surface area contributed by atoms with Crippen LogP contribution in [0.2, 0.25) is 0 Å². The van der Waals surface area contributed by atoms with Gasteiger partial charge in [0.25, 0.3) is 0 Å². The van der Waals surface area contributed by atoms with E-state index < -0.39 is 0 Å². The molecular weight excluding hydrogens is 160 g/mol. The lowest BCUT2D eigenvalue weighted by atomic mass is 9.89. The summed E-state index contributed by atoms with van der Waals surface area (Å²) in [5.41, 5.74) is 4.53. The average molecular weight is 172 g/mol. The number of ketones is 1. The minimum atomic E-state index is 0.248. The molecule has 0 unspecified atom stereocenters. The normalized spacial score (nSPS) is 15.2. The van der Waals surface area contributed by atoms with E-state index in [0.717, 1.165) is 11.1 Å². The van der Waals surface area contributed by atoms with Crippen LogP contribution in [0.1, 0.15) is 23.6 Å². The summed E-state index contributed by atoms with van der Waals surface area (Å²) in [4.78, 5) is 11.4. The quantitative estimate of drug-likeness (QED) is 0.587. The molecule has 0 aliphatic heterocycles. The molecule has 66 valence electrons. The maximum Gasteiger partial charge on any atom is 0.162 e. The van der Waals surface area contributed by atoms with E-state index in [2.05, 4.69) is 13.0 Å². The van der Waals surface area contributed by atoms with Crippen LogP contribution >= 0.6 is 0 Å². The third kappa shape index (κ3) is 1.31. The number of allylic oxidation sites excluding steroid dienone is 1. The van der Waals surface area contributed by atoms with Gasteiger partial charge >= 0.3 is 0 Å². The van der Waals surface area contributed by atoms with E-state index in [9.17, 15) is 4.79 Å². The highest BCUT2D eigenvalue weighted by atomic mass is 16.1. The number of hydrogen-bond donors (Lipinski definition) is 0. The zero-order valence-corrected chi connectivity index (χ0v) is 7.92. The van der Waals surface area contributed by atoms with Gasteiger partial charge in [-0.15, -0.1) is 0 Å². The van der Waals surface area contributed by atoms with Crippen LogP contribution in [0.15, 0.2) is 23.8 Å². The number of carbonyl (C=O) groups excluding carboxylic acids is 1. The van der Waals surface area contributed by atoms with Gasteiger partial charge in [-0.25, -0.2) is 0 Å². The molecule has 0 spiro atoms. The van der Waals surface area contributed by atoms with Gasteiger partial charge in [0.05, 0.1) is 0 Å². The predicted octanol–water partition coefficient (Wildman–Crippen LogP) is 2.52. The summed E-state index contributed by atoms with van der Waals surface area (Å²) in [6, 6.07) is 6.12. The third-order valence-corrected chi connectivity index (χ3v) is 2.57. The van der Waals surface area contributed by atoms with Crippen molar-refractivity contribution in [3.05, 3.63) is 40.5 Å². The maximum atomic E-state index is 11.4. The first-order chi connectivity index (χ1) is 6.18. The van der Waals surface area contributed by atoms with Gasteiger partial charge in [-0.1, -0.05) is 18.2 Å². The summed E-state index contributed by atoms with van der Waals surface area (Å²) in [6.45, 7) is 3.97. The summed E-state index contributed by atoms with van der Waals surface area (Å²) in [5, 5.41) is 0. The number of carbonyl (C=O) groups is 1. The highest BCUT2D eigenvalue weighted by Gasteiger charge is 2.15. The Kier molecular flexibility index (Phi) is 1.80. The fraction of sp³-hybridized carbons (Fsp3) is 0.250. The SMILES string of the molecule is CC1=Cc2c(C)cccc2CC1=O. The Hall–Kier alpha value is -1.37. The fourth-order valence-corrected chi connectivity index (χ4v) is 1.71. The van der Waals surface area contributed by atoms with Crippen molar-refractivity contribution in [2.24, 2.45) is 0 Å². The minimum absolute atomic E-state index is 0.248. The van der Waals surface area contributed by atoms with Crippen molar-refractivity contribution in [1.29, 1.82) is 0 Å². The number of Topliss-reactive ketones (excluding diaryl/α,β-unsaturated/α-hetero) is 1. The molecule has 0 saturated heterocycles. The first-order valence-electron chi connectivity index (χ1n) is 4.48. The summed E-state index contributed by atoms with van der Waals surface area (Å²) in [7, 11) is 0. The monoisotopic (exact) mass is 172 g/mol. The van der Waals surface area contributed by atoms with E-state index in [1.807, 2.05) is 25.1 Å². The van der Waals surface area contributed by atoms with E-state index in [-0.39, 0.29) is 5.78 Å². The molecule has 0 saturated carbocycles. The van der Waals surface area contributed by atoms with Crippen molar-refractivity contribution < 1.29 is 4.79 Å². The van der Waals surface area contributed by atoms with E-state index in [1.54, 1.807) is 0 Å². The minimum Gasteiger partial charge on any atom is -0.294 e. The summed E-state index contributed by atoms with van der Waals surface area (Å²) < 4.78 is 0. The van der Waals surface area contributed by atoms with Crippen LogP contribution in [0, 0.1) is 6.92 Å². The van der Waals surface area contributed by atoms with Crippen LogP contribution in [0.4, 0.5) is 0 Å². The summed E-state index contributed by atoms with van der Waals surface area (Å²) in [6.07, 6.45) is 2.57. The molecule has 0 N–H and O–H groups in total. The van der Waals surface area contributed by atoms with Crippen molar-refractivity contribution in [3.8, 4) is 0 Å². The summed E-state index contributed by atoms with van der Waals surface area (Å²) >= 11 is 0. The maximum absolute atomic E-state index is 11.4. The lowest BCUT2D eigenvalue weighted by Gasteiger charge is -2.14. The molecule has 0 bridgehead atoms. The van der Waals surface area contributed by atoms with Crippen molar-refractivity contribution in [2.45, 2.75) is 20.3 Å². The Bertz CT molecular complexity index is 400. The first kappa shape index (κ1) is 8.24. The molecule has 1 aliphatic carbocycles. The van der Waals surface area contributed by atoms with Crippen molar-refractivity contribution in [2.75, 3.05) is 0 Å². The molecule has 1 aliphatic rings. The molecule has 0 radical (unpaired) electrons. The standard InChI is InChI=1S/C12H12O/c1-8-4-3-5-10-7-12(13)9(2)6-11(8)10/h3-6H,7H2,1-2H3. The highest BCUT2D eigenvalue weighted by Crippen LogP contribution is 2.23. The van der Waals surface area contributed by atoms with Gasteiger partial charge in [0.2, 0.25) is 0 Å². The van der Waals surface area contributed by atoms with Crippen LogP contribution < -0.4 is 0 Å². The van der Waals surface area contributed by atoms with Crippen molar-refractivity contribution >= 4 is 11.9 Å². The Labute approximate surface area is 78.1 Å². The molecule has 2 rings (SSSR count). The molecule has 0 fully saturated rings. The lowest BCUT2D eigenvalue weighted by Crippen LogP contribution is -2.10. The summed E-state index contributed by atoms with van der Waals surface area (Å²) in [5.74, 6) is 0.248.